The molecule has 1 rings (SSSR count). The van der Waals surface area contributed by atoms with Gasteiger partial charge in [0.2, 0.25) is 0 Å². The Labute approximate surface area is 135 Å². The molecule has 1 aromatic rings. The van der Waals surface area contributed by atoms with E-state index in [1.165, 1.54) is 12.1 Å². The van der Waals surface area contributed by atoms with Gasteiger partial charge in [0.25, 0.3) is 0 Å². The van der Waals surface area contributed by atoms with Gasteiger partial charge in [-0.25, -0.2) is 14.9 Å². The topological polar surface area (TPSA) is 81.4 Å². The Morgan fingerprint density at radius 2 is 1.95 bits per heavy atom. The summed E-state index contributed by atoms with van der Waals surface area (Å²) in [6.07, 6.45) is -0.239. The van der Waals surface area contributed by atoms with Gasteiger partial charge in [0.05, 0.1) is 15.7 Å². The molecule has 0 radical (unpaired) electrons. The van der Waals surface area contributed by atoms with Crippen molar-refractivity contribution in [1.82, 2.24) is 0 Å². The van der Waals surface area contributed by atoms with E-state index in [9.17, 15) is 9.36 Å². The third kappa shape index (κ3) is 5.72. The van der Waals surface area contributed by atoms with Crippen molar-refractivity contribution in [3.05, 3.63) is 27.2 Å². The van der Waals surface area contributed by atoms with E-state index >= 15 is 0 Å². The van der Waals surface area contributed by atoms with Gasteiger partial charge in [-0.05, 0) is 29.9 Å². The second-order valence-electron chi connectivity index (χ2n) is 3.62. The molecule has 0 bridgehead atoms. The Balaban J connectivity index is 2.75. The number of halogens is 3. The van der Waals surface area contributed by atoms with Gasteiger partial charge in [-0.1, -0.05) is 41.7 Å². The summed E-state index contributed by atoms with van der Waals surface area (Å²) in [5.41, 5.74) is 5.52. The average molecular weight is 378 g/mol. The average Bonchev–Trinajstić information content (AvgIpc) is 2.30. The fourth-order valence-electron chi connectivity index (χ4n) is 1.15. The molecule has 112 valence electrons. The Bertz CT molecular complexity index is 536. The van der Waals surface area contributed by atoms with Gasteiger partial charge in [-0.15, -0.1) is 0 Å². The van der Waals surface area contributed by atoms with E-state index < -0.39 is 12.8 Å². The number of rotatable bonds is 5. The first-order valence-electron chi connectivity index (χ1n) is 5.43. The van der Waals surface area contributed by atoms with Gasteiger partial charge < -0.3 is 4.52 Å². The molecule has 0 fully saturated rings. The smallest absolute Gasteiger partial charge is 0.376 e. The summed E-state index contributed by atoms with van der Waals surface area (Å²) in [5.74, 6) is 0.517. The molecule has 20 heavy (non-hydrogen) atoms. The number of hydrogen-bond donors (Lipinski definition) is 2. The zero-order valence-electron chi connectivity index (χ0n) is 10.4. The highest BCUT2D eigenvalue weighted by Gasteiger charge is 2.23. The predicted molar refractivity (Wildman–Crippen MR) is 86.1 cm³/mol. The van der Waals surface area contributed by atoms with Gasteiger partial charge >= 0.3 is 12.8 Å². The Kier molecular flexibility index (Phi) is 6.98. The highest BCUT2D eigenvalue weighted by atomic mass is 35.5. The van der Waals surface area contributed by atoms with E-state index in [1.807, 2.05) is 6.92 Å². The first-order valence-corrected chi connectivity index (χ1v) is 9.85. The molecular formula is C10H12Cl3N2O3PS. The zero-order valence-corrected chi connectivity index (χ0v) is 14.3. The minimum atomic E-state index is -3.55. The number of benzene rings is 1. The lowest BCUT2D eigenvalue weighted by Crippen LogP contribution is -2.14. The van der Waals surface area contributed by atoms with Crippen molar-refractivity contribution in [1.29, 1.82) is 0 Å². The number of amides is 1. The number of carbonyl (C=O) groups is 1. The van der Waals surface area contributed by atoms with Crippen molar-refractivity contribution in [3.63, 3.8) is 0 Å². The molecule has 0 aliphatic rings. The number of nitrogens with one attached hydrogen (secondary N) is 1. The van der Waals surface area contributed by atoms with Crippen LogP contribution >= 0.6 is 52.9 Å². The Morgan fingerprint density at radius 1 is 1.40 bits per heavy atom. The Morgan fingerprint density at radius 3 is 2.45 bits per heavy atom. The lowest BCUT2D eigenvalue weighted by Gasteiger charge is -2.14. The Hall–Kier alpha value is -0.100. The quantitative estimate of drug-likeness (QED) is 0.671. The van der Waals surface area contributed by atoms with Crippen molar-refractivity contribution in [3.8, 4) is 0 Å². The van der Waals surface area contributed by atoms with Crippen LogP contribution in [0, 0.1) is 0 Å². The molecule has 1 unspecified atom stereocenters. The molecule has 0 spiro atoms. The van der Waals surface area contributed by atoms with Gasteiger partial charge in [0.15, 0.2) is 0 Å². The van der Waals surface area contributed by atoms with Crippen molar-refractivity contribution in [2.24, 2.45) is 5.50 Å². The third-order valence-corrected chi connectivity index (χ3v) is 5.96. The van der Waals surface area contributed by atoms with Crippen LogP contribution in [-0.2, 0) is 9.09 Å². The molecule has 0 heterocycles. The van der Waals surface area contributed by atoms with Crippen molar-refractivity contribution >= 4 is 64.7 Å². The van der Waals surface area contributed by atoms with Gasteiger partial charge in [-0.2, -0.15) is 0 Å². The fraction of sp³-hybridized carbons (Fsp3) is 0.300. The molecule has 0 aromatic heterocycles. The van der Waals surface area contributed by atoms with Crippen LogP contribution in [0.1, 0.15) is 13.3 Å². The summed E-state index contributed by atoms with van der Waals surface area (Å²) in [5, 5.41) is 2.87. The molecule has 1 aromatic carbocycles. The lowest BCUT2D eigenvalue weighted by molar-refractivity contribution is 0.217. The number of anilines is 1. The zero-order chi connectivity index (χ0) is 15.3. The van der Waals surface area contributed by atoms with Crippen molar-refractivity contribution < 1.29 is 13.9 Å². The van der Waals surface area contributed by atoms with Crippen LogP contribution in [0.3, 0.4) is 0 Å². The maximum absolute atomic E-state index is 11.8. The van der Waals surface area contributed by atoms with Crippen molar-refractivity contribution in [2.75, 3.05) is 11.1 Å². The summed E-state index contributed by atoms with van der Waals surface area (Å²) in [7, 11) is 0. The number of hydrogen-bond acceptors (Lipinski definition) is 4. The predicted octanol–water partition coefficient (Wildman–Crippen LogP) is 5.41. The van der Waals surface area contributed by atoms with Crippen LogP contribution < -0.4 is 10.8 Å². The van der Waals surface area contributed by atoms with E-state index in [0.717, 1.165) is 17.8 Å². The molecule has 3 N–H and O–H groups in total. The van der Waals surface area contributed by atoms with Gasteiger partial charge in [0.1, 0.15) is 0 Å². The van der Waals surface area contributed by atoms with Crippen LogP contribution in [-0.4, -0.2) is 11.8 Å². The molecule has 10 heteroatoms. The maximum Gasteiger partial charge on any atom is 0.418 e. The third-order valence-electron chi connectivity index (χ3n) is 1.92. The maximum atomic E-state index is 11.8. The van der Waals surface area contributed by atoms with Crippen LogP contribution in [0.2, 0.25) is 15.1 Å². The minimum absolute atomic E-state index is 0.114. The van der Waals surface area contributed by atoms with E-state index in [2.05, 4.69) is 9.84 Å². The highest BCUT2D eigenvalue weighted by Crippen LogP contribution is 2.52. The molecule has 0 saturated carbocycles. The fourth-order valence-corrected chi connectivity index (χ4v) is 4.50. The normalized spacial score (nSPS) is 13.7. The molecule has 1 amide bonds. The van der Waals surface area contributed by atoms with E-state index in [0.29, 0.717) is 10.8 Å². The summed E-state index contributed by atoms with van der Waals surface area (Å²) < 4.78 is 16.4. The first-order chi connectivity index (χ1) is 9.25. The van der Waals surface area contributed by atoms with Gasteiger partial charge in [0, 0.05) is 10.8 Å². The first kappa shape index (κ1) is 18.0. The minimum Gasteiger partial charge on any atom is -0.376 e. The molecule has 0 aliphatic carbocycles. The van der Waals surface area contributed by atoms with Crippen LogP contribution in [0.25, 0.3) is 0 Å². The molecule has 5 nitrogen and oxygen atoms in total. The largest absolute Gasteiger partial charge is 0.418 e. The van der Waals surface area contributed by atoms with Crippen LogP contribution in [0.4, 0.5) is 10.5 Å². The van der Waals surface area contributed by atoms with Crippen LogP contribution in [0.5, 0.6) is 0 Å². The standard InChI is InChI=1S/C10H12Cl3N2O3PS/c1-2-3-20-19(14,17)18-10(16)15-9-7(12)4-6(11)5-8(9)13/h4-5H,2-3H2,1H3,(H2,14,17)(H,15,16). The second-order valence-corrected chi connectivity index (χ2v) is 9.10. The summed E-state index contributed by atoms with van der Waals surface area (Å²) in [6.45, 7) is -1.66. The van der Waals surface area contributed by atoms with Crippen LogP contribution in [0.15, 0.2) is 12.1 Å². The lowest BCUT2D eigenvalue weighted by atomic mass is 10.3. The SMILES string of the molecule is CCCSP(N)(=O)OC(=O)Nc1c(Cl)cc(Cl)cc1Cl. The van der Waals surface area contributed by atoms with Crippen molar-refractivity contribution in [2.45, 2.75) is 13.3 Å². The highest BCUT2D eigenvalue weighted by molar-refractivity contribution is 8.56. The summed E-state index contributed by atoms with van der Waals surface area (Å²) in [6, 6.07) is 2.80. The molecule has 1 atom stereocenters. The number of nitrogens with two attached hydrogens (primary N) is 1. The number of carbonyl (C=O) groups excluding carboxylic acids is 1. The van der Waals surface area contributed by atoms with E-state index in [-0.39, 0.29) is 15.7 Å². The van der Waals surface area contributed by atoms with E-state index in [1.54, 1.807) is 0 Å². The molecule has 0 saturated heterocycles. The monoisotopic (exact) mass is 376 g/mol. The molecule has 0 aliphatic heterocycles. The van der Waals surface area contributed by atoms with E-state index in [4.69, 9.17) is 40.3 Å². The van der Waals surface area contributed by atoms with Gasteiger partial charge in [-0.3, -0.25) is 5.32 Å². The summed E-state index contributed by atoms with van der Waals surface area (Å²) in [4.78, 5) is 11.6. The summed E-state index contributed by atoms with van der Waals surface area (Å²) >= 11 is 18.4. The molecular weight excluding hydrogens is 366 g/mol. The second kappa shape index (κ2) is 7.78.